The fraction of sp³-hybridized carbons (Fsp3) is 0.364. The second-order valence-electron chi connectivity index (χ2n) is 6.90. The summed E-state index contributed by atoms with van der Waals surface area (Å²) in [5, 5.41) is 1.13. The van der Waals surface area contributed by atoms with Gasteiger partial charge in [0.05, 0.1) is 23.4 Å². The number of carbonyl (C=O) groups excluding carboxylic acids is 1. The molecule has 1 aliphatic rings. The van der Waals surface area contributed by atoms with Gasteiger partial charge in [-0.15, -0.1) is 11.3 Å². The molecular formula is C22H25N3O3S. The van der Waals surface area contributed by atoms with Crippen molar-refractivity contribution >= 4 is 27.5 Å². The van der Waals surface area contributed by atoms with Crippen molar-refractivity contribution in [3.63, 3.8) is 0 Å². The molecule has 0 spiro atoms. The van der Waals surface area contributed by atoms with Gasteiger partial charge in [-0.1, -0.05) is 24.3 Å². The van der Waals surface area contributed by atoms with E-state index in [1.807, 2.05) is 48.2 Å². The zero-order valence-corrected chi connectivity index (χ0v) is 17.4. The number of rotatable bonds is 7. The van der Waals surface area contributed by atoms with E-state index >= 15 is 0 Å². The number of nitrogens with zero attached hydrogens (tertiary/aromatic N) is 3. The summed E-state index contributed by atoms with van der Waals surface area (Å²) in [6.45, 7) is 6.46. The molecule has 1 aliphatic heterocycles. The zero-order valence-electron chi connectivity index (χ0n) is 16.5. The Bertz CT molecular complexity index is 934. The molecule has 0 bridgehead atoms. The fourth-order valence-electron chi connectivity index (χ4n) is 3.41. The summed E-state index contributed by atoms with van der Waals surface area (Å²) in [4.78, 5) is 21.5. The minimum Gasteiger partial charge on any atom is -0.490 e. The van der Waals surface area contributed by atoms with Crippen LogP contribution in [0.5, 0.6) is 11.5 Å². The Balaban J connectivity index is 1.26. The number of aromatic nitrogens is 1. The molecule has 0 atom stereocenters. The van der Waals surface area contributed by atoms with Crippen LogP contribution in [0.15, 0.2) is 48.5 Å². The average Bonchev–Trinajstić information content (AvgIpc) is 3.16. The molecule has 0 radical (unpaired) electrons. The molecule has 1 fully saturated rings. The minimum absolute atomic E-state index is 0.0101. The summed E-state index contributed by atoms with van der Waals surface area (Å²) >= 11 is 1.74. The van der Waals surface area contributed by atoms with E-state index in [2.05, 4.69) is 17.0 Å². The van der Waals surface area contributed by atoms with Crippen molar-refractivity contribution in [2.45, 2.75) is 13.5 Å². The largest absolute Gasteiger partial charge is 0.490 e. The lowest BCUT2D eigenvalue weighted by atomic mass is 10.3. The summed E-state index contributed by atoms with van der Waals surface area (Å²) in [6.07, 6.45) is 0. The number of benzene rings is 2. The summed E-state index contributed by atoms with van der Waals surface area (Å²) in [7, 11) is 0. The number of hydrogen-bond acceptors (Lipinski definition) is 6. The topological polar surface area (TPSA) is 54.9 Å². The summed E-state index contributed by atoms with van der Waals surface area (Å²) in [5.41, 5.74) is 1.06. The van der Waals surface area contributed by atoms with Crippen LogP contribution in [-0.2, 0) is 11.3 Å². The van der Waals surface area contributed by atoms with Crippen molar-refractivity contribution in [2.24, 2.45) is 0 Å². The first-order valence-electron chi connectivity index (χ1n) is 9.92. The Hall–Kier alpha value is -2.64. The van der Waals surface area contributed by atoms with Crippen LogP contribution in [0.3, 0.4) is 0 Å². The van der Waals surface area contributed by atoms with Crippen molar-refractivity contribution in [3.8, 4) is 11.5 Å². The van der Waals surface area contributed by atoms with Crippen molar-refractivity contribution in [2.75, 3.05) is 39.4 Å². The number of carbonyl (C=O) groups is 1. The SMILES string of the molecule is CCOc1ccccc1OCC(=O)N1CCN(Cc2nc3ccccc3s2)CC1. The van der Waals surface area contributed by atoms with Gasteiger partial charge in [-0.2, -0.15) is 0 Å². The predicted octanol–water partition coefficient (Wildman–Crippen LogP) is 3.42. The van der Waals surface area contributed by atoms with Crippen molar-refractivity contribution in [3.05, 3.63) is 53.5 Å². The van der Waals surface area contributed by atoms with Gasteiger partial charge in [0.2, 0.25) is 0 Å². The molecule has 2 aromatic carbocycles. The maximum atomic E-state index is 12.6. The monoisotopic (exact) mass is 411 g/mol. The highest BCUT2D eigenvalue weighted by Crippen LogP contribution is 2.26. The molecule has 0 unspecified atom stereocenters. The molecule has 6 nitrogen and oxygen atoms in total. The van der Waals surface area contributed by atoms with Gasteiger partial charge in [-0.3, -0.25) is 9.69 Å². The first kappa shape index (κ1) is 19.7. The zero-order chi connectivity index (χ0) is 20.1. The van der Waals surface area contributed by atoms with Gasteiger partial charge in [0.25, 0.3) is 5.91 Å². The van der Waals surface area contributed by atoms with E-state index in [0.717, 1.165) is 30.2 Å². The number of thiazole rings is 1. The number of amides is 1. The normalized spacial score (nSPS) is 14.9. The molecule has 3 aromatic rings. The number of ether oxygens (including phenoxy) is 2. The minimum atomic E-state index is 0.0101. The number of para-hydroxylation sites is 3. The predicted molar refractivity (Wildman–Crippen MR) is 115 cm³/mol. The van der Waals surface area contributed by atoms with E-state index in [0.29, 0.717) is 31.2 Å². The Morgan fingerprint density at radius 2 is 1.69 bits per heavy atom. The second kappa shape index (κ2) is 9.24. The molecule has 1 aromatic heterocycles. The lowest BCUT2D eigenvalue weighted by molar-refractivity contribution is -0.135. The van der Waals surface area contributed by atoms with E-state index in [4.69, 9.17) is 14.5 Å². The fourth-order valence-corrected chi connectivity index (χ4v) is 4.42. The molecule has 152 valence electrons. The van der Waals surface area contributed by atoms with Gasteiger partial charge in [-0.05, 0) is 31.2 Å². The van der Waals surface area contributed by atoms with E-state index in [-0.39, 0.29) is 12.5 Å². The lowest BCUT2D eigenvalue weighted by Crippen LogP contribution is -2.49. The number of fused-ring (bicyclic) bond motifs is 1. The third-order valence-corrected chi connectivity index (χ3v) is 5.94. The lowest BCUT2D eigenvalue weighted by Gasteiger charge is -2.34. The highest BCUT2D eigenvalue weighted by Gasteiger charge is 2.22. The maximum Gasteiger partial charge on any atom is 0.260 e. The van der Waals surface area contributed by atoms with Gasteiger partial charge in [-0.25, -0.2) is 4.98 Å². The van der Waals surface area contributed by atoms with E-state index < -0.39 is 0 Å². The highest BCUT2D eigenvalue weighted by molar-refractivity contribution is 7.18. The molecule has 1 saturated heterocycles. The van der Waals surface area contributed by atoms with Crippen LogP contribution in [0.2, 0.25) is 0 Å². The molecule has 1 amide bonds. The van der Waals surface area contributed by atoms with Crippen LogP contribution in [0.1, 0.15) is 11.9 Å². The quantitative estimate of drug-likeness (QED) is 0.596. The summed E-state index contributed by atoms with van der Waals surface area (Å²) < 4.78 is 12.5. The van der Waals surface area contributed by atoms with Gasteiger partial charge < -0.3 is 14.4 Å². The Labute approximate surface area is 174 Å². The van der Waals surface area contributed by atoms with Gasteiger partial charge in [0.1, 0.15) is 5.01 Å². The van der Waals surface area contributed by atoms with Crippen LogP contribution in [0, 0.1) is 0 Å². The number of hydrogen-bond donors (Lipinski definition) is 0. The van der Waals surface area contributed by atoms with E-state index in [1.54, 1.807) is 11.3 Å². The van der Waals surface area contributed by atoms with Gasteiger partial charge in [0.15, 0.2) is 18.1 Å². The Morgan fingerprint density at radius 1 is 1.00 bits per heavy atom. The first-order valence-corrected chi connectivity index (χ1v) is 10.7. The van der Waals surface area contributed by atoms with Crippen molar-refractivity contribution < 1.29 is 14.3 Å². The van der Waals surface area contributed by atoms with Crippen LogP contribution >= 0.6 is 11.3 Å². The Morgan fingerprint density at radius 3 is 2.41 bits per heavy atom. The van der Waals surface area contributed by atoms with E-state index in [9.17, 15) is 4.79 Å². The molecule has 0 aliphatic carbocycles. The van der Waals surface area contributed by atoms with Gasteiger partial charge in [0, 0.05) is 26.2 Å². The summed E-state index contributed by atoms with van der Waals surface area (Å²) in [6, 6.07) is 15.7. The van der Waals surface area contributed by atoms with E-state index in [1.165, 1.54) is 4.70 Å². The van der Waals surface area contributed by atoms with Crippen molar-refractivity contribution in [1.82, 2.24) is 14.8 Å². The molecule has 7 heteroatoms. The molecular weight excluding hydrogens is 386 g/mol. The van der Waals surface area contributed by atoms with Crippen molar-refractivity contribution in [1.29, 1.82) is 0 Å². The highest BCUT2D eigenvalue weighted by atomic mass is 32.1. The molecule has 0 N–H and O–H groups in total. The first-order chi connectivity index (χ1) is 14.2. The molecule has 29 heavy (non-hydrogen) atoms. The number of piperazine rings is 1. The molecule has 2 heterocycles. The average molecular weight is 412 g/mol. The van der Waals surface area contributed by atoms with Gasteiger partial charge >= 0.3 is 0 Å². The maximum absolute atomic E-state index is 12.6. The third kappa shape index (κ3) is 4.86. The molecule has 4 rings (SSSR count). The molecule has 0 saturated carbocycles. The van der Waals surface area contributed by atoms with Crippen LogP contribution in [0.4, 0.5) is 0 Å². The Kier molecular flexibility index (Phi) is 6.27. The smallest absolute Gasteiger partial charge is 0.260 e. The second-order valence-corrected chi connectivity index (χ2v) is 8.02. The third-order valence-electron chi connectivity index (χ3n) is 4.92. The summed E-state index contributed by atoms with van der Waals surface area (Å²) in [5.74, 6) is 1.29. The van der Waals surface area contributed by atoms with Crippen LogP contribution in [-0.4, -0.2) is 60.1 Å². The van der Waals surface area contributed by atoms with Crippen LogP contribution < -0.4 is 9.47 Å². The standard InChI is InChI=1S/C22H25N3O3S/c1-2-27-18-8-4-5-9-19(18)28-16-22(26)25-13-11-24(12-14-25)15-21-23-17-7-3-6-10-20(17)29-21/h3-10H,2,11-16H2,1H3. The van der Waals surface area contributed by atoms with Crippen LogP contribution in [0.25, 0.3) is 10.2 Å².